The molecule has 2 rings (SSSR count). The first kappa shape index (κ1) is 13.4. The molecular formula is C13H16N2O4. The van der Waals surface area contributed by atoms with Gasteiger partial charge in [0.2, 0.25) is 5.91 Å². The molecule has 1 unspecified atom stereocenters. The van der Waals surface area contributed by atoms with Gasteiger partial charge in [0.15, 0.2) is 6.10 Å². The summed E-state index contributed by atoms with van der Waals surface area (Å²) in [6.07, 6.45) is 0.166. The van der Waals surface area contributed by atoms with E-state index < -0.39 is 6.10 Å². The Balaban J connectivity index is 2.07. The molecule has 102 valence electrons. The van der Waals surface area contributed by atoms with Gasteiger partial charge in [0.05, 0.1) is 5.69 Å². The molecule has 1 aromatic rings. The zero-order chi connectivity index (χ0) is 13.8. The highest BCUT2D eigenvalue weighted by atomic mass is 16.5. The van der Waals surface area contributed by atoms with Crippen molar-refractivity contribution in [2.75, 3.05) is 17.2 Å². The van der Waals surface area contributed by atoms with Crippen LogP contribution in [-0.4, -0.2) is 29.6 Å². The molecule has 6 heteroatoms. The molecule has 2 amide bonds. The lowest BCUT2D eigenvalue weighted by Gasteiger charge is -2.23. The fourth-order valence-corrected chi connectivity index (χ4v) is 1.75. The molecule has 0 radical (unpaired) electrons. The van der Waals surface area contributed by atoms with Crippen molar-refractivity contribution in [2.24, 2.45) is 0 Å². The Bertz CT molecular complexity index is 501. The van der Waals surface area contributed by atoms with Gasteiger partial charge in [-0.3, -0.25) is 9.59 Å². The lowest BCUT2D eigenvalue weighted by atomic mass is 10.2. The van der Waals surface area contributed by atoms with E-state index in [1.54, 1.807) is 25.1 Å². The summed E-state index contributed by atoms with van der Waals surface area (Å²) in [7, 11) is 0. The van der Waals surface area contributed by atoms with Gasteiger partial charge in [-0.15, -0.1) is 0 Å². The minimum atomic E-state index is -0.516. The first-order chi connectivity index (χ1) is 9.10. The molecule has 0 aliphatic carbocycles. The highest BCUT2D eigenvalue weighted by molar-refractivity contribution is 5.99. The Hall–Kier alpha value is -2.08. The van der Waals surface area contributed by atoms with Crippen LogP contribution >= 0.6 is 0 Å². The number of hydrogen-bond donors (Lipinski definition) is 3. The van der Waals surface area contributed by atoms with Gasteiger partial charge < -0.3 is 20.5 Å². The molecule has 0 saturated heterocycles. The smallest absolute Gasteiger partial charge is 0.265 e. The molecule has 1 aromatic carbocycles. The highest BCUT2D eigenvalue weighted by Gasteiger charge is 2.23. The van der Waals surface area contributed by atoms with Crippen molar-refractivity contribution in [1.29, 1.82) is 0 Å². The summed E-state index contributed by atoms with van der Waals surface area (Å²) in [5.41, 5.74) is 1.13. The van der Waals surface area contributed by atoms with Gasteiger partial charge >= 0.3 is 0 Å². The van der Waals surface area contributed by atoms with Crippen LogP contribution in [0.3, 0.4) is 0 Å². The molecular weight excluding hydrogens is 248 g/mol. The zero-order valence-electron chi connectivity index (χ0n) is 10.6. The van der Waals surface area contributed by atoms with Crippen molar-refractivity contribution in [3.63, 3.8) is 0 Å². The third-order valence-electron chi connectivity index (χ3n) is 2.76. The SMILES string of the molecule is CC1Oc2ccc(NC(=O)CCCO)cc2NC1=O. The Kier molecular flexibility index (Phi) is 4.01. The van der Waals surface area contributed by atoms with Crippen molar-refractivity contribution in [3.8, 4) is 5.75 Å². The summed E-state index contributed by atoms with van der Waals surface area (Å²) >= 11 is 0. The number of amides is 2. The molecule has 0 fully saturated rings. The molecule has 1 heterocycles. The van der Waals surface area contributed by atoms with Gasteiger partial charge in [-0.25, -0.2) is 0 Å². The Morgan fingerprint density at radius 1 is 1.53 bits per heavy atom. The quantitative estimate of drug-likeness (QED) is 0.760. The first-order valence-corrected chi connectivity index (χ1v) is 6.12. The van der Waals surface area contributed by atoms with E-state index in [1.165, 1.54) is 0 Å². The number of aliphatic hydroxyl groups is 1. The van der Waals surface area contributed by atoms with Crippen LogP contribution < -0.4 is 15.4 Å². The zero-order valence-corrected chi connectivity index (χ0v) is 10.6. The van der Waals surface area contributed by atoms with Gasteiger partial charge in [0, 0.05) is 18.7 Å². The monoisotopic (exact) mass is 264 g/mol. The van der Waals surface area contributed by atoms with E-state index in [4.69, 9.17) is 9.84 Å². The molecule has 6 nitrogen and oxygen atoms in total. The number of hydrogen-bond acceptors (Lipinski definition) is 4. The second kappa shape index (κ2) is 5.71. The Morgan fingerprint density at radius 3 is 3.05 bits per heavy atom. The van der Waals surface area contributed by atoms with Crippen molar-refractivity contribution < 1.29 is 19.4 Å². The Labute approximate surface area is 110 Å². The summed E-state index contributed by atoms with van der Waals surface area (Å²) in [5, 5.41) is 14.1. The minimum Gasteiger partial charge on any atom is -0.479 e. The van der Waals surface area contributed by atoms with E-state index in [-0.39, 0.29) is 24.8 Å². The number of ether oxygens (including phenoxy) is 1. The third kappa shape index (κ3) is 3.23. The highest BCUT2D eigenvalue weighted by Crippen LogP contribution is 2.32. The van der Waals surface area contributed by atoms with Crippen LogP contribution in [0, 0.1) is 0 Å². The topological polar surface area (TPSA) is 87.7 Å². The number of rotatable bonds is 4. The van der Waals surface area contributed by atoms with Gasteiger partial charge in [-0.05, 0) is 31.5 Å². The van der Waals surface area contributed by atoms with Gasteiger partial charge in [-0.1, -0.05) is 0 Å². The van der Waals surface area contributed by atoms with Crippen LogP contribution in [0.5, 0.6) is 5.75 Å². The number of carbonyl (C=O) groups excluding carboxylic acids is 2. The van der Waals surface area contributed by atoms with Crippen molar-refractivity contribution in [2.45, 2.75) is 25.9 Å². The third-order valence-corrected chi connectivity index (χ3v) is 2.76. The fourth-order valence-electron chi connectivity index (χ4n) is 1.75. The maximum atomic E-state index is 11.5. The normalized spacial score (nSPS) is 17.2. The van der Waals surface area contributed by atoms with E-state index in [0.29, 0.717) is 23.5 Å². The largest absolute Gasteiger partial charge is 0.479 e. The standard InChI is InChI=1S/C13H16N2O4/c1-8-13(18)15-10-7-9(4-5-11(10)19-8)14-12(17)3-2-6-16/h4-5,7-8,16H,2-3,6H2,1H3,(H,14,17)(H,15,18). The number of fused-ring (bicyclic) bond motifs is 1. The van der Waals surface area contributed by atoms with Crippen molar-refractivity contribution >= 4 is 23.2 Å². The van der Waals surface area contributed by atoms with Crippen LogP contribution in [0.15, 0.2) is 18.2 Å². The second-order valence-corrected chi connectivity index (χ2v) is 4.34. The van der Waals surface area contributed by atoms with E-state index in [2.05, 4.69) is 10.6 Å². The molecule has 0 saturated carbocycles. The number of benzene rings is 1. The van der Waals surface area contributed by atoms with E-state index in [9.17, 15) is 9.59 Å². The van der Waals surface area contributed by atoms with Crippen LogP contribution in [0.2, 0.25) is 0 Å². The average molecular weight is 264 g/mol. The van der Waals surface area contributed by atoms with Gasteiger partial charge in [0.1, 0.15) is 5.75 Å². The molecule has 1 atom stereocenters. The summed E-state index contributed by atoms with van der Waals surface area (Å²) in [6, 6.07) is 5.06. The predicted molar refractivity (Wildman–Crippen MR) is 70.1 cm³/mol. The second-order valence-electron chi connectivity index (χ2n) is 4.34. The lowest BCUT2D eigenvalue weighted by Crippen LogP contribution is -2.34. The van der Waals surface area contributed by atoms with Crippen LogP contribution in [0.4, 0.5) is 11.4 Å². The number of nitrogens with one attached hydrogen (secondary N) is 2. The van der Waals surface area contributed by atoms with Gasteiger partial charge in [-0.2, -0.15) is 0 Å². The summed E-state index contributed by atoms with van der Waals surface area (Å²) < 4.78 is 5.41. The predicted octanol–water partition coefficient (Wildman–Crippen LogP) is 1.12. The molecule has 0 spiro atoms. The summed E-state index contributed by atoms with van der Waals surface area (Å²) in [4.78, 5) is 23.0. The van der Waals surface area contributed by atoms with Crippen LogP contribution in [0.1, 0.15) is 19.8 Å². The Morgan fingerprint density at radius 2 is 2.32 bits per heavy atom. The molecule has 0 bridgehead atoms. The number of anilines is 2. The van der Waals surface area contributed by atoms with Crippen LogP contribution in [0.25, 0.3) is 0 Å². The van der Waals surface area contributed by atoms with Gasteiger partial charge in [0.25, 0.3) is 5.91 Å². The van der Waals surface area contributed by atoms with Crippen LogP contribution in [-0.2, 0) is 9.59 Å². The van der Waals surface area contributed by atoms with E-state index in [1.807, 2.05) is 0 Å². The summed E-state index contributed by atoms with van der Waals surface area (Å²) in [5.74, 6) is 0.196. The minimum absolute atomic E-state index is 0.0145. The number of carbonyl (C=O) groups is 2. The molecule has 1 aliphatic heterocycles. The van der Waals surface area contributed by atoms with E-state index >= 15 is 0 Å². The molecule has 1 aliphatic rings. The number of aliphatic hydroxyl groups excluding tert-OH is 1. The van der Waals surface area contributed by atoms with Crippen molar-refractivity contribution in [1.82, 2.24) is 0 Å². The molecule has 3 N–H and O–H groups in total. The maximum absolute atomic E-state index is 11.5. The maximum Gasteiger partial charge on any atom is 0.265 e. The average Bonchev–Trinajstić information content (AvgIpc) is 2.38. The first-order valence-electron chi connectivity index (χ1n) is 6.12. The lowest BCUT2D eigenvalue weighted by molar-refractivity contribution is -0.122. The summed E-state index contributed by atoms with van der Waals surface area (Å²) in [6.45, 7) is 1.66. The van der Waals surface area contributed by atoms with E-state index in [0.717, 1.165) is 0 Å². The molecule has 0 aromatic heterocycles. The molecule has 19 heavy (non-hydrogen) atoms. The van der Waals surface area contributed by atoms with Crippen molar-refractivity contribution in [3.05, 3.63) is 18.2 Å². The fraction of sp³-hybridized carbons (Fsp3) is 0.385.